The molecule has 0 saturated carbocycles. The van der Waals surface area contributed by atoms with Crippen molar-refractivity contribution in [1.82, 2.24) is 4.98 Å². The minimum Gasteiger partial charge on any atom is -0.466 e. The summed E-state index contributed by atoms with van der Waals surface area (Å²) < 4.78 is 4.92. The van der Waals surface area contributed by atoms with Gasteiger partial charge in [-0.2, -0.15) is 0 Å². The van der Waals surface area contributed by atoms with Crippen molar-refractivity contribution < 1.29 is 14.3 Å². The third-order valence-corrected chi connectivity index (χ3v) is 6.36. The zero-order valence-electron chi connectivity index (χ0n) is 18.2. The van der Waals surface area contributed by atoms with Gasteiger partial charge in [-0.05, 0) is 62.5 Å². The zero-order valence-corrected chi connectivity index (χ0v) is 20.6. The van der Waals surface area contributed by atoms with E-state index in [1.54, 1.807) is 12.3 Å². The van der Waals surface area contributed by atoms with Gasteiger partial charge in [-0.1, -0.05) is 18.2 Å². The highest BCUT2D eigenvalue weighted by atomic mass is 32.2. The highest BCUT2D eigenvalue weighted by molar-refractivity contribution is 8.00. The van der Waals surface area contributed by atoms with Crippen molar-refractivity contribution >= 4 is 68.8 Å². The number of ether oxygens (including phenoxy) is 1. The Morgan fingerprint density at radius 1 is 1.06 bits per heavy atom. The van der Waals surface area contributed by atoms with E-state index in [0.717, 1.165) is 16.3 Å². The first-order chi connectivity index (χ1) is 15.9. The Balaban J connectivity index is 1.47. The van der Waals surface area contributed by atoms with Gasteiger partial charge in [0.25, 0.3) is 0 Å². The smallest absolute Gasteiger partial charge is 0.311 e. The number of nitrogens with one attached hydrogen (secondary N) is 3. The third kappa shape index (κ3) is 8.16. The molecule has 3 aromatic rings. The van der Waals surface area contributed by atoms with Crippen LogP contribution in [0.4, 0.5) is 16.5 Å². The minimum atomic E-state index is -0.334. The number of thiazole rings is 1. The molecule has 7 nitrogen and oxygen atoms in total. The van der Waals surface area contributed by atoms with Crippen molar-refractivity contribution in [2.24, 2.45) is 0 Å². The van der Waals surface area contributed by atoms with Gasteiger partial charge in [0.1, 0.15) is 0 Å². The fraction of sp³-hybridized carbons (Fsp3) is 0.217. The van der Waals surface area contributed by atoms with E-state index in [4.69, 9.17) is 17.0 Å². The van der Waals surface area contributed by atoms with E-state index in [9.17, 15) is 9.59 Å². The zero-order chi connectivity index (χ0) is 23.6. The number of carbonyl (C=O) groups excluding carboxylic acids is 2. The van der Waals surface area contributed by atoms with Crippen LogP contribution >= 0.6 is 35.3 Å². The minimum absolute atomic E-state index is 0.0925. The first kappa shape index (κ1) is 24.7. The molecule has 0 aliphatic rings. The molecule has 33 heavy (non-hydrogen) atoms. The number of esters is 1. The highest BCUT2D eigenvalue weighted by Gasteiger charge is 2.17. The summed E-state index contributed by atoms with van der Waals surface area (Å²) in [5.41, 5.74) is 2.34. The SMILES string of the molecule is CCOC(=O)Cc1csc(NC(=O)C(C)Sc2ccc(NC(=S)Nc3ccccc3)cc2)n1. The number of aromatic nitrogens is 1. The van der Waals surface area contributed by atoms with Crippen molar-refractivity contribution in [3.05, 3.63) is 65.7 Å². The Bertz CT molecular complexity index is 1090. The van der Waals surface area contributed by atoms with E-state index < -0.39 is 0 Å². The number of thioether (sulfide) groups is 1. The van der Waals surface area contributed by atoms with Gasteiger partial charge in [-0.3, -0.25) is 9.59 Å². The number of para-hydroxylation sites is 1. The van der Waals surface area contributed by atoms with Crippen molar-refractivity contribution in [1.29, 1.82) is 0 Å². The number of benzene rings is 2. The van der Waals surface area contributed by atoms with Gasteiger partial charge in [-0.25, -0.2) is 4.98 Å². The van der Waals surface area contributed by atoms with E-state index in [-0.39, 0.29) is 23.5 Å². The molecule has 10 heteroatoms. The number of nitrogens with zero attached hydrogens (tertiary/aromatic N) is 1. The quantitative estimate of drug-likeness (QED) is 0.210. The van der Waals surface area contributed by atoms with Crippen LogP contribution in [0.25, 0.3) is 0 Å². The fourth-order valence-corrected chi connectivity index (χ4v) is 4.52. The van der Waals surface area contributed by atoms with Crippen molar-refractivity contribution in [3.8, 4) is 0 Å². The van der Waals surface area contributed by atoms with Gasteiger partial charge in [0, 0.05) is 21.7 Å². The van der Waals surface area contributed by atoms with Crippen LogP contribution in [0.2, 0.25) is 0 Å². The average molecular weight is 501 g/mol. The van der Waals surface area contributed by atoms with E-state index in [0.29, 0.717) is 22.5 Å². The first-order valence-corrected chi connectivity index (χ1v) is 12.4. The molecule has 1 aromatic heterocycles. The lowest BCUT2D eigenvalue weighted by Crippen LogP contribution is -2.22. The molecule has 1 heterocycles. The summed E-state index contributed by atoms with van der Waals surface area (Å²) in [7, 11) is 0. The lowest BCUT2D eigenvalue weighted by atomic mass is 10.3. The molecule has 0 radical (unpaired) electrons. The van der Waals surface area contributed by atoms with Crippen LogP contribution in [0.15, 0.2) is 64.9 Å². The summed E-state index contributed by atoms with van der Waals surface area (Å²) in [6.45, 7) is 3.92. The molecule has 172 valence electrons. The molecule has 0 aliphatic carbocycles. The number of carbonyl (C=O) groups is 2. The van der Waals surface area contributed by atoms with Gasteiger partial charge in [0.15, 0.2) is 10.2 Å². The second kappa shape index (κ2) is 12.3. The summed E-state index contributed by atoms with van der Waals surface area (Å²) in [5.74, 6) is -0.494. The standard InChI is InChI=1S/C23H24N4O3S3/c1-3-30-20(28)13-18-14-32-23(26-18)27-21(29)15(2)33-19-11-9-17(10-12-19)25-22(31)24-16-7-5-4-6-8-16/h4-12,14-15H,3,13H2,1-2H3,(H2,24,25,31)(H,26,27,29). The molecular weight excluding hydrogens is 476 g/mol. The number of hydrogen-bond acceptors (Lipinski definition) is 7. The summed E-state index contributed by atoms with van der Waals surface area (Å²) in [4.78, 5) is 29.3. The fourth-order valence-electron chi connectivity index (χ4n) is 2.70. The maximum absolute atomic E-state index is 12.5. The molecule has 0 spiro atoms. The topological polar surface area (TPSA) is 92.3 Å². The van der Waals surface area contributed by atoms with Crippen molar-refractivity contribution in [2.45, 2.75) is 30.4 Å². The average Bonchev–Trinajstić information content (AvgIpc) is 3.22. The van der Waals surface area contributed by atoms with Crippen LogP contribution in [0.3, 0.4) is 0 Å². The molecular formula is C23H24N4O3S3. The Morgan fingerprint density at radius 2 is 1.73 bits per heavy atom. The maximum Gasteiger partial charge on any atom is 0.311 e. The summed E-state index contributed by atoms with van der Waals surface area (Å²) in [5, 5.41) is 11.4. The van der Waals surface area contributed by atoms with Gasteiger partial charge in [-0.15, -0.1) is 23.1 Å². The Labute approximate surface area is 206 Å². The number of rotatable bonds is 9. The van der Waals surface area contributed by atoms with E-state index in [1.807, 2.05) is 61.5 Å². The largest absolute Gasteiger partial charge is 0.466 e. The predicted molar refractivity (Wildman–Crippen MR) is 139 cm³/mol. The highest BCUT2D eigenvalue weighted by Crippen LogP contribution is 2.26. The number of thiocarbonyl (C=S) groups is 1. The van der Waals surface area contributed by atoms with E-state index in [2.05, 4.69) is 20.9 Å². The van der Waals surface area contributed by atoms with Crippen molar-refractivity contribution in [3.63, 3.8) is 0 Å². The Kier molecular flexibility index (Phi) is 9.23. The van der Waals surface area contributed by atoms with E-state index >= 15 is 0 Å². The van der Waals surface area contributed by atoms with Crippen LogP contribution in [0.5, 0.6) is 0 Å². The maximum atomic E-state index is 12.5. The molecule has 3 N–H and O–H groups in total. The van der Waals surface area contributed by atoms with Crippen LogP contribution in [0.1, 0.15) is 19.5 Å². The summed E-state index contributed by atoms with van der Waals surface area (Å²) >= 11 is 8.07. The monoisotopic (exact) mass is 500 g/mol. The van der Waals surface area contributed by atoms with Gasteiger partial charge in [0.2, 0.25) is 5.91 Å². The molecule has 0 aliphatic heterocycles. The molecule has 0 saturated heterocycles. The Morgan fingerprint density at radius 3 is 2.39 bits per heavy atom. The predicted octanol–water partition coefficient (Wildman–Crippen LogP) is 5.18. The normalized spacial score (nSPS) is 11.3. The van der Waals surface area contributed by atoms with Crippen LogP contribution in [-0.4, -0.2) is 33.8 Å². The summed E-state index contributed by atoms with van der Waals surface area (Å²) in [6.07, 6.45) is 0.0925. The van der Waals surface area contributed by atoms with Gasteiger partial charge in [0.05, 0.1) is 24.0 Å². The van der Waals surface area contributed by atoms with E-state index in [1.165, 1.54) is 23.1 Å². The van der Waals surface area contributed by atoms with Gasteiger partial charge < -0.3 is 20.7 Å². The molecule has 1 amide bonds. The third-order valence-electron chi connectivity index (χ3n) is 4.24. The Hall–Kier alpha value is -2.95. The molecule has 2 aromatic carbocycles. The van der Waals surface area contributed by atoms with Crippen LogP contribution in [-0.2, 0) is 20.7 Å². The van der Waals surface area contributed by atoms with Crippen molar-refractivity contribution in [2.75, 3.05) is 22.6 Å². The lowest BCUT2D eigenvalue weighted by Gasteiger charge is -2.12. The molecule has 0 bridgehead atoms. The number of hydrogen-bond donors (Lipinski definition) is 3. The lowest BCUT2D eigenvalue weighted by molar-refractivity contribution is -0.142. The molecule has 3 rings (SSSR count). The summed E-state index contributed by atoms with van der Waals surface area (Å²) in [6, 6.07) is 17.4. The first-order valence-electron chi connectivity index (χ1n) is 10.2. The molecule has 0 fully saturated rings. The second-order valence-electron chi connectivity index (χ2n) is 6.84. The van der Waals surface area contributed by atoms with Gasteiger partial charge >= 0.3 is 5.97 Å². The van der Waals surface area contributed by atoms with Crippen LogP contribution in [0, 0.1) is 0 Å². The second-order valence-corrected chi connectivity index (χ2v) is 9.53. The molecule has 1 atom stereocenters. The number of anilines is 3. The van der Waals surface area contributed by atoms with Crippen LogP contribution < -0.4 is 16.0 Å². The molecule has 1 unspecified atom stereocenters. The number of amides is 1.